The summed E-state index contributed by atoms with van der Waals surface area (Å²) in [5, 5.41) is 0. The molecule has 0 spiro atoms. The van der Waals surface area contributed by atoms with E-state index < -0.39 is 15.9 Å². The fraction of sp³-hybridized carbons (Fsp3) is 0.300. The zero-order valence-corrected chi connectivity index (χ0v) is 10.3. The van der Waals surface area contributed by atoms with Crippen LogP contribution in [0.4, 0.5) is 5.69 Å². The molecule has 0 bridgehead atoms. The Hall–Kier alpha value is -1.60. The second kappa shape index (κ2) is 5.15. The SMILES string of the molecule is CCCNS(=O)(=O)c1ccc(C(N)=O)cc1N. The maximum absolute atomic E-state index is 11.8. The standard InChI is InChI=1S/C10H15N3O3S/c1-2-5-13-17(15,16)9-4-3-7(10(12)14)6-8(9)11/h3-4,6,13H,2,5,11H2,1H3,(H2,12,14). The number of anilines is 1. The van der Waals surface area contributed by atoms with E-state index in [1.807, 2.05) is 6.92 Å². The zero-order chi connectivity index (χ0) is 13.1. The molecule has 17 heavy (non-hydrogen) atoms. The molecule has 0 aliphatic carbocycles. The van der Waals surface area contributed by atoms with Gasteiger partial charge in [0.15, 0.2) is 0 Å². The fourth-order valence-corrected chi connectivity index (χ4v) is 2.51. The van der Waals surface area contributed by atoms with Crippen molar-refractivity contribution in [1.82, 2.24) is 4.72 Å². The summed E-state index contributed by atoms with van der Waals surface area (Å²) < 4.78 is 26.0. The molecule has 0 radical (unpaired) electrons. The zero-order valence-electron chi connectivity index (χ0n) is 9.43. The minimum Gasteiger partial charge on any atom is -0.398 e. The van der Waals surface area contributed by atoms with E-state index in [4.69, 9.17) is 11.5 Å². The van der Waals surface area contributed by atoms with Crippen molar-refractivity contribution >= 4 is 21.6 Å². The summed E-state index contributed by atoms with van der Waals surface area (Å²) in [5.41, 5.74) is 10.8. The van der Waals surface area contributed by atoms with Crippen LogP contribution >= 0.6 is 0 Å². The lowest BCUT2D eigenvalue weighted by atomic mass is 10.2. The van der Waals surface area contributed by atoms with Gasteiger partial charge in [0.05, 0.1) is 5.69 Å². The molecule has 1 amide bonds. The number of nitrogens with one attached hydrogen (secondary N) is 1. The summed E-state index contributed by atoms with van der Waals surface area (Å²) in [6, 6.07) is 3.86. The van der Waals surface area contributed by atoms with Gasteiger partial charge in [-0.15, -0.1) is 0 Å². The van der Waals surface area contributed by atoms with Crippen LogP contribution in [0.1, 0.15) is 23.7 Å². The van der Waals surface area contributed by atoms with Crippen molar-refractivity contribution < 1.29 is 13.2 Å². The van der Waals surface area contributed by atoms with E-state index in [9.17, 15) is 13.2 Å². The van der Waals surface area contributed by atoms with E-state index in [1.54, 1.807) is 0 Å². The smallest absolute Gasteiger partial charge is 0.248 e. The number of nitrogens with two attached hydrogens (primary N) is 2. The maximum Gasteiger partial charge on any atom is 0.248 e. The molecule has 0 fully saturated rings. The van der Waals surface area contributed by atoms with E-state index in [2.05, 4.69) is 4.72 Å². The molecule has 5 N–H and O–H groups in total. The first-order valence-electron chi connectivity index (χ1n) is 5.07. The Balaban J connectivity index is 3.12. The second-order valence-corrected chi connectivity index (χ2v) is 5.25. The topological polar surface area (TPSA) is 115 Å². The summed E-state index contributed by atoms with van der Waals surface area (Å²) in [4.78, 5) is 10.8. The van der Waals surface area contributed by atoms with Gasteiger partial charge in [0.25, 0.3) is 0 Å². The highest BCUT2D eigenvalue weighted by Gasteiger charge is 2.17. The molecular weight excluding hydrogens is 242 g/mol. The first kappa shape index (κ1) is 13.5. The minimum atomic E-state index is -3.62. The van der Waals surface area contributed by atoms with Crippen molar-refractivity contribution in [1.29, 1.82) is 0 Å². The molecule has 0 atom stereocenters. The van der Waals surface area contributed by atoms with Gasteiger partial charge in [0, 0.05) is 12.1 Å². The van der Waals surface area contributed by atoms with E-state index in [-0.39, 0.29) is 16.1 Å². The Morgan fingerprint density at radius 2 is 2.06 bits per heavy atom. The first-order chi connectivity index (χ1) is 7.88. The van der Waals surface area contributed by atoms with Gasteiger partial charge in [-0.1, -0.05) is 6.92 Å². The van der Waals surface area contributed by atoms with Crippen molar-refractivity contribution in [2.24, 2.45) is 5.73 Å². The summed E-state index contributed by atoms with van der Waals surface area (Å²) >= 11 is 0. The van der Waals surface area contributed by atoms with E-state index in [1.165, 1.54) is 18.2 Å². The van der Waals surface area contributed by atoms with Crippen LogP contribution in [0.2, 0.25) is 0 Å². The van der Waals surface area contributed by atoms with Crippen molar-refractivity contribution in [3.8, 4) is 0 Å². The van der Waals surface area contributed by atoms with Crippen LogP contribution in [0.3, 0.4) is 0 Å². The predicted molar refractivity (Wildman–Crippen MR) is 64.9 cm³/mol. The van der Waals surface area contributed by atoms with Crippen LogP contribution < -0.4 is 16.2 Å². The van der Waals surface area contributed by atoms with E-state index in [0.717, 1.165) is 0 Å². The third-order valence-electron chi connectivity index (χ3n) is 2.13. The molecule has 7 heteroatoms. The number of rotatable bonds is 5. The van der Waals surface area contributed by atoms with Crippen LogP contribution in [0.5, 0.6) is 0 Å². The van der Waals surface area contributed by atoms with Crippen LogP contribution in [0.15, 0.2) is 23.1 Å². The molecule has 1 rings (SSSR count). The number of sulfonamides is 1. The van der Waals surface area contributed by atoms with Gasteiger partial charge >= 0.3 is 0 Å². The number of benzene rings is 1. The lowest BCUT2D eigenvalue weighted by molar-refractivity contribution is 0.1000. The number of carbonyl (C=O) groups is 1. The Labute approximate surface area is 100 Å². The van der Waals surface area contributed by atoms with Crippen molar-refractivity contribution in [3.63, 3.8) is 0 Å². The third kappa shape index (κ3) is 3.18. The van der Waals surface area contributed by atoms with Gasteiger partial charge in [-0.05, 0) is 24.6 Å². The minimum absolute atomic E-state index is 0.00454. The average Bonchev–Trinajstić information content (AvgIpc) is 2.25. The number of hydrogen-bond acceptors (Lipinski definition) is 4. The molecule has 94 valence electrons. The van der Waals surface area contributed by atoms with Gasteiger partial charge in [-0.2, -0.15) is 0 Å². The van der Waals surface area contributed by atoms with Gasteiger partial charge < -0.3 is 11.5 Å². The van der Waals surface area contributed by atoms with Gasteiger partial charge in [0.2, 0.25) is 15.9 Å². The van der Waals surface area contributed by atoms with Crippen molar-refractivity contribution in [3.05, 3.63) is 23.8 Å². The van der Waals surface area contributed by atoms with Crippen LogP contribution in [0, 0.1) is 0 Å². The molecule has 6 nitrogen and oxygen atoms in total. The molecule has 0 aliphatic heterocycles. The highest BCUT2D eigenvalue weighted by Crippen LogP contribution is 2.19. The fourth-order valence-electron chi connectivity index (χ4n) is 1.26. The third-order valence-corrected chi connectivity index (χ3v) is 3.66. The number of carbonyl (C=O) groups excluding carboxylic acids is 1. The van der Waals surface area contributed by atoms with E-state index >= 15 is 0 Å². The molecule has 1 aromatic rings. The quantitative estimate of drug-likeness (QED) is 0.646. The van der Waals surface area contributed by atoms with Gasteiger partial charge in [-0.3, -0.25) is 4.79 Å². The lowest BCUT2D eigenvalue weighted by Gasteiger charge is -2.09. The molecule has 0 saturated heterocycles. The Morgan fingerprint density at radius 1 is 1.41 bits per heavy atom. The Morgan fingerprint density at radius 3 is 2.53 bits per heavy atom. The first-order valence-corrected chi connectivity index (χ1v) is 6.55. The summed E-state index contributed by atoms with van der Waals surface area (Å²) in [5.74, 6) is -0.651. The van der Waals surface area contributed by atoms with Crippen molar-refractivity contribution in [2.75, 3.05) is 12.3 Å². The molecule has 0 heterocycles. The summed E-state index contributed by atoms with van der Waals surface area (Å²) in [6.45, 7) is 2.18. The number of hydrogen-bond donors (Lipinski definition) is 3. The van der Waals surface area contributed by atoms with Gasteiger partial charge in [-0.25, -0.2) is 13.1 Å². The molecular formula is C10H15N3O3S. The van der Waals surface area contributed by atoms with Crippen LogP contribution in [0.25, 0.3) is 0 Å². The van der Waals surface area contributed by atoms with Crippen LogP contribution in [-0.4, -0.2) is 20.9 Å². The predicted octanol–water partition coefficient (Wildman–Crippen LogP) is 0.0560. The molecule has 0 unspecified atom stereocenters. The maximum atomic E-state index is 11.8. The highest BCUT2D eigenvalue weighted by atomic mass is 32.2. The molecule has 0 aromatic heterocycles. The normalized spacial score (nSPS) is 11.4. The monoisotopic (exact) mass is 257 g/mol. The summed E-state index contributed by atoms with van der Waals surface area (Å²) in [6.07, 6.45) is 0.679. The number of primary amides is 1. The summed E-state index contributed by atoms with van der Waals surface area (Å²) in [7, 11) is -3.62. The number of nitrogen functional groups attached to an aromatic ring is 1. The average molecular weight is 257 g/mol. The molecule has 0 saturated carbocycles. The van der Waals surface area contributed by atoms with Gasteiger partial charge in [0.1, 0.15) is 4.90 Å². The van der Waals surface area contributed by atoms with E-state index in [0.29, 0.717) is 13.0 Å². The largest absolute Gasteiger partial charge is 0.398 e. The Kier molecular flexibility index (Phi) is 4.08. The highest BCUT2D eigenvalue weighted by molar-refractivity contribution is 7.89. The molecule has 0 aliphatic rings. The number of amides is 1. The lowest BCUT2D eigenvalue weighted by Crippen LogP contribution is -2.25. The van der Waals surface area contributed by atoms with Crippen molar-refractivity contribution in [2.45, 2.75) is 18.2 Å². The molecule has 1 aromatic carbocycles. The Bertz CT molecular complexity index is 526. The van der Waals surface area contributed by atoms with Crippen LogP contribution in [-0.2, 0) is 10.0 Å². The second-order valence-electron chi connectivity index (χ2n) is 3.51.